The third kappa shape index (κ3) is 3.55. The maximum atomic E-state index is 12.9. The van der Waals surface area contributed by atoms with Crippen LogP contribution in [0.1, 0.15) is 46.0 Å². The molecule has 3 heterocycles. The summed E-state index contributed by atoms with van der Waals surface area (Å²) in [5.41, 5.74) is 1.73. The second kappa shape index (κ2) is 8.00. The Morgan fingerprint density at radius 2 is 2.00 bits per heavy atom. The Morgan fingerprint density at radius 1 is 1.21 bits per heavy atom. The van der Waals surface area contributed by atoms with Crippen molar-refractivity contribution >= 4 is 23.2 Å². The van der Waals surface area contributed by atoms with E-state index in [-0.39, 0.29) is 5.56 Å². The van der Waals surface area contributed by atoms with Gasteiger partial charge in [0, 0.05) is 42.0 Å². The number of aryl methyl sites for hydroxylation is 1. The van der Waals surface area contributed by atoms with Gasteiger partial charge in [-0.3, -0.25) is 13.8 Å². The SMILES string of the molecule is CCCCCn1c(N2CCC[C@@H]2C)cc(=O)n2cc(-c3ccc(Cl)cc3)nc12. The molecule has 1 fully saturated rings. The van der Waals surface area contributed by atoms with Gasteiger partial charge in [0.2, 0.25) is 5.78 Å². The lowest BCUT2D eigenvalue weighted by Crippen LogP contribution is -2.32. The fourth-order valence-electron chi connectivity index (χ4n) is 4.09. The maximum absolute atomic E-state index is 12.9. The molecule has 0 radical (unpaired) electrons. The summed E-state index contributed by atoms with van der Waals surface area (Å²) in [5, 5.41) is 0.692. The summed E-state index contributed by atoms with van der Waals surface area (Å²) in [4.78, 5) is 20.1. The van der Waals surface area contributed by atoms with Crippen molar-refractivity contribution in [1.29, 1.82) is 0 Å². The van der Waals surface area contributed by atoms with Crippen LogP contribution in [0.2, 0.25) is 5.02 Å². The van der Waals surface area contributed by atoms with Crippen molar-refractivity contribution in [1.82, 2.24) is 14.0 Å². The number of benzene rings is 1. The van der Waals surface area contributed by atoms with Crippen LogP contribution in [0.5, 0.6) is 0 Å². The minimum absolute atomic E-state index is 0.0245. The van der Waals surface area contributed by atoms with Gasteiger partial charge in [-0.1, -0.05) is 43.5 Å². The molecule has 2 aromatic heterocycles. The smallest absolute Gasteiger partial charge is 0.261 e. The number of rotatable bonds is 6. The molecule has 0 aliphatic carbocycles. The summed E-state index contributed by atoms with van der Waals surface area (Å²) in [6.07, 6.45) is 7.58. The lowest BCUT2D eigenvalue weighted by molar-refractivity contribution is 0.588. The van der Waals surface area contributed by atoms with Gasteiger partial charge < -0.3 is 4.90 Å². The Morgan fingerprint density at radius 3 is 2.68 bits per heavy atom. The molecule has 4 rings (SSSR count). The van der Waals surface area contributed by atoms with Crippen LogP contribution in [0.4, 0.5) is 5.82 Å². The zero-order valence-corrected chi connectivity index (χ0v) is 17.3. The van der Waals surface area contributed by atoms with Crippen LogP contribution in [0, 0.1) is 0 Å². The number of hydrogen-bond acceptors (Lipinski definition) is 3. The van der Waals surface area contributed by atoms with Gasteiger partial charge in [0.1, 0.15) is 5.82 Å². The second-order valence-electron chi connectivity index (χ2n) is 7.69. The van der Waals surface area contributed by atoms with Gasteiger partial charge in [0.15, 0.2) is 0 Å². The highest BCUT2D eigenvalue weighted by Gasteiger charge is 2.25. The summed E-state index contributed by atoms with van der Waals surface area (Å²) in [5.74, 6) is 1.73. The summed E-state index contributed by atoms with van der Waals surface area (Å²) < 4.78 is 3.92. The molecule has 3 aromatic rings. The molecular formula is C22H27ClN4O. The molecule has 6 heteroatoms. The van der Waals surface area contributed by atoms with E-state index in [1.807, 2.05) is 30.5 Å². The average Bonchev–Trinajstić information content (AvgIpc) is 3.31. The van der Waals surface area contributed by atoms with E-state index in [2.05, 4.69) is 23.3 Å². The Kier molecular flexibility index (Phi) is 5.44. The number of fused-ring (bicyclic) bond motifs is 1. The highest BCUT2D eigenvalue weighted by Crippen LogP contribution is 2.27. The van der Waals surface area contributed by atoms with Crippen molar-refractivity contribution in [3.8, 4) is 11.3 Å². The first-order valence-corrected chi connectivity index (χ1v) is 10.6. The van der Waals surface area contributed by atoms with Crippen LogP contribution in [-0.2, 0) is 6.54 Å². The number of nitrogens with zero attached hydrogens (tertiary/aromatic N) is 4. The fourth-order valence-corrected chi connectivity index (χ4v) is 4.22. The van der Waals surface area contributed by atoms with E-state index in [9.17, 15) is 4.79 Å². The van der Waals surface area contributed by atoms with Crippen molar-refractivity contribution in [2.75, 3.05) is 11.4 Å². The first-order valence-electron chi connectivity index (χ1n) is 10.2. The van der Waals surface area contributed by atoms with Crippen LogP contribution in [0.25, 0.3) is 17.0 Å². The van der Waals surface area contributed by atoms with Gasteiger partial charge >= 0.3 is 0 Å². The maximum Gasteiger partial charge on any atom is 0.261 e. The zero-order valence-electron chi connectivity index (χ0n) is 16.6. The molecule has 0 N–H and O–H groups in total. The number of halogens is 1. The predicted octanol–water partition coefficient (Wildman–Crippen LogP) is 5.00. The highest BCUT2D eigenvalue weighted by atomic mass is 35.5. The Balaban J connectivity index is 1.85. The average molecular weight is 399 g/mol. The highest BCUT2D eigenvalue weighted by molar-refractivity contribution is 6.30. The molecular weight excluding hydrogens is 372 g/mol. The molecule has 28 heavy (non-hydrogen) atoms. The third-order valence-corrected chi connectivity index (χ3v) is 5.92. The molecule has 0 unspecified atom stereocenters. The van der Waals surface area contributed by atoms with E-state index in [0.717, 1.165) is 55.2 Å². The Hall–Kier alpha value is -2.27. The van der Waals surface area contributed by atoms with Crippen molar-refractivity contribution < 1.29 is 0 Å². The standard InChI is InChI=1S/C22H27ClN4O/c1-3-4-5-12-26-20(25-13-6-7-16(25)2)14-21(28)27-15-19(24-22(26)27)17-8-10-18(23)11-9-17/h8-11,14-16H,3-7,12-13H2,1-2H3/t16-/m0/s1. The molecule has 148 valence electrons. The molecule has 1 aliphatic heterocycles. The van der Waals surface area contributed by atoms with E-state index in [4.69, 9.17) is 16.6 Å². The number of unbranched alkanes of at least 4 members (excludes halogenated alkanes) is 2. The van der Waals surface area contributed by atoms with Crippen LogP contribution >= 0.6 is 11.6 Å². The van der Waals surface area contributed by atoms with E-state index in [1.165, 1.54) is 12.8 Å². The van der Waals surface area contributed by atoms with Crippen LogP contribution in [0.3, 0.4) is 0 Å². The largest absolute Gasteiger partial charge is 0.355 e. The van der Waals surface area contributed by atoms with Crippen molar-refractivity contribution in [2.45, 2.75) is 58.5 Å². The predicted molar refractivity (Wildman–Crippen MR) is 115 cm³/mol. The quantitative estimate of drug-likeness (QED) is 0.549. The van der Waals surface area contributed by atoms with Gasteiger partial charge in [-0.05, 0) is 38.3 Å². The van der Waals surface area contributed by atoms with Gasteiger partial charge in [-0.15, -0.1) is 0 Å². The monoisotopic (exact) mass is 398 g/mol. The normalized spacial score (nSPS) is 17.0. The molecule has 1 atom stereocenters. The topological polar surface area (TPSA) is 42.5 Å². The Bertz CT molecular complexity index is 1020. The van der Waals surface area contributed by atoms with Crippen LogP contribution in [-0.4, -0.2) is 26.5 Å². The van der Waals surface area contributed by atoms with Crippen molar-refractivity contribution in [3.63, 3.8) is 0 Å². The van der Waals surface area contributed by atoms with Crippen LogP contribution < -0.4 is 10.5 Å². The molecule has 0 amide bonds. The molecule has 1 aliphatic rings. The molecule has 0 bridgehead atoms. The minimum atomic E-state index is -0.0245. The number of anilines is 1. The molecule has 1 aromatic carbocycles. The molecule has 1 saturated heterocycles. The van der Waals surface area contributed by atoms with Crippen molar-refractivity contribution in [3.05, 3.63) is 51.9 Å². The fraction of sp³-hybridized carbons (Fsp3) is 0.455. The molecule has 5 nitrogen and oxygen atoms in total. The van der Waals surface area contributed by atoms with E-state index in [0.29, 0.717) is 11.1 Å². The summed E-state index contributed by atoms with van der Waals surface area (Å²) >= 11 is 6.02. The van der Waals surface area contributed by atoms with Gasteiger partial charge in [-0.2, -0.15) is 0 Å². The number of aromatic nitrogens is 3. The van der Waals surface area contributed by atoms with Crippen molar-refractivity contribution in [2.24, 2.45) is 0 Å². The van der Waals surface area contributed by atoms with Gasteiger partial charge in [0.05, 0.1) is 5.69 Å². The van der Waals surface area contributed by atoms with Gasteiger partial charge in [0.25, 0.3) is 5.56 Å². The first kappa shape index (κ1) is 19.1. The summed E-state index contributed by atoms with van der Waals surface area (Å²) in [6.45, 7) is 6.31. The lowest BCUT2D eigenvalue weighted by Gasteiger charge is -2.27. The Labute approximate surface area is 170 Å². The van der Waals surface area contributed by atoms with E-state index >= 15 is 0 Å². The number of hydrogen-bond donors (Lipinski definition) is 0. The second-order valence-corrected chi connectivity index (χ2v) is 8.12. The summed E-state index contributed by atoms with van der Waals surface area (Å²) in [6, 6.07) is 9.83. The summed E-state index contributed by atoms with van der Waals surface area (Å²) in [7, 11) is 0. The minimum Gasteiger partial charge on any atom is -0.355 e. The van der Waals surface area contributed by atoms with E-state index in [1.54, 1.807) is 10.5 Å². The third-order valence-electron chi connectivity index (χ3n) is 5.67. The molecule has 0 saturated carbocycles. The number of imidazole rings is 1. The lowest BCUT2D eigenvalue weighted by atomic mass is 10.2. The van der Waals surface area contributed by atoms with Gasteiger partial charge in [-0.25, -0.2) is 4.98 Å². The first-order chi connectivity index (χ1) is 13.6. The van der Waals surface area contributed by atoms with Crippen LogP contribution in [0.15, 0.2) is 41.3 Å². The van der Waals surface area contributed by atoms with E-state index < -0.39 is 0 Å². The zero-order chi connectivity index (χ0) is 19.7. The molecule has 0 spiro atoms.